The predicted octanol–water partition coefficient (Wildman–Crippen LogP) is 2.47. The first kappa shape index (κ1) is 13.6. The van der Waals surface area contributed by atoms with Gasteiger partial charge in [-0.3, -0.25) is 4.79 Å². The van der Waals surface area contributed by atoms with Crippen molar-refractivity contribution in [2.24, 2.45) is 0 Å². The summed E-state index contributed by atoms with van der Waals surface area (Å²) in [6, 6.07) is 9.43. The van der Waals surface area contributed by atoms with Crippen molar-refractivity contribution >= 4 is 17.3 Å². The minimum absolute atomic E-state index is 0.142. The Morgan fingerprint density at radius 1 is 1.24 bits per heavy atom. The number of carbonyl (C=O) groups excluding carboxylic acids is 1. The zero-order valence-corrected chi connectivity index (χ0v) is 12.4. The number of para-hydroxylation sites is 1. The molecule has 3 aromatic rings. The monoisotopic (exact) mass is 299 g/mol. The van der Waals surface area contributed by atoms with Gasteiger partial charge in [0.2, 0.25) is 5.78 Å². The molecule has 2 aromatic heterocycles. The summed E-state index contributed by atoms with van der Waals surface area (Å²) in [7, 11) is 0. The van der Waals surface area contributed by atoms with Gasteiger partial charge in [0.25, 0.3) is 0 Å². The maximum atomic E-state index is 12.7. The minimum atomic E-state index is -0.150. The van der Waals surface area contributed by atoms with Gasteiger partial charge in [0.15, 0.2) is 0 Å². The molecule has 0 amide bonds. The molecule has 0 spiro atoms. The van der Waals surface area contributed by atoms with E-state index in [9.17, 15) is 4.79 Å². The molecule has 3 rings (SSSR count). The number of hydrogen-bond acceptors (Lipinski definition) is 6. The summed E-state index contributed by atoms with van der Waals surface area (Å²) in [4.78, 5) is 13.3. The van der Waals surface area contributed by atoms with Crippen molar-refractivity contribution in [1.82, 2.24) is 24.6 Å². The van der Waals surface area contributed by atoms with E-state index in [0.29, 0.717) is 16.3 Å². The normalized spacial score (nSPS) is 11.0. The van der Waals surface area contributed by atoms with E-state index in [0.717, 1.165) is 17.2 Å². The van der Waals surface area contributed by atoms with E-state index < -0.39 is 0 Å². The first-order chi connectivity index (χ1) is 10.2. The molecule has 0 N–H and O–H groups in total. The van der Waals surface area contributed by atoms with Gasteiger partial charge in [-0.05, 0) is 29.6 Å². The predicted molar refractivity (Wildman–Crippen MR) is 78.8 cm³/mol. The third kappa shape index (κ3) is 2.47. The van der Waals surface area contributed by atoms with Crippen molar-refractivity contribution in [3.8, 4) is 5.69 Å². The Labute approximate surface area is 125 Å². The van der Waals surface area contributed by atoms with Crippen molar-refractivity contribution in [2.75, 3.05) is 0 Å². The van der Waals surface area contributed by atoms with Crippen LogP contribution in [-0.2, 0) is 0 Å². The van der Waals surface area contributed by atoms with Crippen LogP contribution in [0.3, 0.4) is 0 Å². The van der Waals surface area contributed by atoms with E-state index in [1.54, 1.807) is 0 Å². The molecular weight excluding hydrogens is 286 g/mol. The average Bonchev–Trinajstić information content (AvgIpc) is 3.16. The number of aromatic nitrogens is 5. The minimum Gasteiger partial charge on any atom is -0.286 e. The van der Waals surface area contributed by atoms with Crippen LogP contribution in [0.25, 0.3) is 5.69 Å². The molecule has 0 unspecified atom stereocenters. The molecule has 0 radical (unpaired) electrons. The molecule has 0 fully saturated rings. The highest BCUT2D eigenvalue weighted by Crippen LogP contribution is 2.23. The van der Waals surface area contributed by atoms with Gasteiger partial charge in [0.05, 0.1) is 17.6 Å². The fourth-order valence-electron chi connectivity index (χ4n) is 2.00. The summed E-state index contributed by atoms with van der Waals surface area (Å²) in [5.41, 5.74) is 1.92. The summed E-state index contributed by atoms with van der Waals surface area (Å²) in [6.45, 7) is 3.97. The SMILES string of the molecule is CC(C)c1nnsc1C(=O)c1cnnn1-c1ccccc1. The van der Waals surface area contributed by atoms with Crippen molar-refractivity contribution in [3.63, 3.8) is 0 Å². The van der Waals surface area contributed by atoms with Crippen LogP contribution in [0.4, 0.5) is 0 Å². The molecule has 6 nitrogen and oxygen atoms in total. The summed E-state index contributed by atoms with van der Waals surface area (Å²) in [6.07, 6.45) is 1.47. The van der Waals surface area contributed by atoms with Crippen molar-refractivity contribution in [1.29, 1.82) is 0 Å². The van der Waals surface area contributed by atoms with Gasteiger partial charge in [-0.15, -0.1) is 10.2 Å². The summed E-state index contributed by atoms with van der Waals surface area (Å²) >= 11 is 1.11. The molecule has 0 saturated heterocycles. The largest absolute Gasteiger partial charge is 0.286 e. The van der Waals surface area contributed by atoms with Crippen molar-refractivity contribution in [3.05, 3.63) is 52.8 Å². The van der Waals surface area contributed by atoms with Gasteiger partial charge in [-0.25, -0.2) is 4.68 Å². The summed E-state index contributed by atoms with van der Waals surface area (Å²) in [5.74, 6) is -0.00805. The van der Waals surface area contributed by atoms with Crippen molar-refractivity contribution < 1.29 is 4.79 Å². The van der Waals surface area contributed by atoms with Crippen LogP contribution in [0.5, 0.6) is 0 Å². The summed E-state index contributed by atoms with van der Waals surface area (Å²) < 4.78 is 5.43. The van der Waals surface area contributed by atoms with E-state index in [1.807, 2.05) is 44.2 Å². The lowest BCUT2D eigenvalue weighted by atomic mass is 10.1. The fourth-order valence-corrected chi connectivity index (χ4v) is 2.77. The maximum absolute atomic E-state index is 12.7. The van der Waals surface area contributed by atoms with Gasteiger partial charge >= 0.3 is 0 Å². The second kappa shape index (κ2) is 5.53. The second-order valence-corrected chi connectivity index (χ2v) is 5.59. The van der Waals surface area contributed by atoms with Crippen LogP contribution in [0.2, 0.25) is 0 Å². The number of carbonyl (C=O) groups is 1. The molecule has 106 valence electrons. The Morgan fingerprint density at radius 2 is 2.00 bits per heavy atom. The van der Waals surface area contributed by atoms with E-state index in [1.165, 1.54) is 10.9 Å². The lowest BCUT2D eigenvalue weighted by Crippen LogP contribution is -2.11. The number of hydrogen-bond donors (Lipinski definition) is 0. The third-order valence-electron chi connectivity index (χ3n) is 3.05. The molecule has 0 saturated carbocycles. The van der Waals surface area contributed by atoms with E-state index in [2.05, 4.69) is 19.9 Å². The molecule has 21 heavy (non-hydrogen) atoms. The highest BCUT2D eigenvalue weighted by Gasteiger charge is 2.23. The molecule has 0 aliphatic rings. The Kier molecular flexibility index (Phi) is 3.57. The van der Waals surface area contributed by atoms with Gasteiger partial charge in [0.1, 0.15) is 10.6 Å². The molecule has 0 aliphatic heterocycles. The van der Waals surface area contributed by atoms with Gasteiger partial charge in [-0.2, -0.15) is 0 Å². The third-order valence-corrected chi connectivity index (χ3v) is 3.79. The lowest BCUT2D eigenvalue weighted by molar-refractivity contribution is 0.103. The van der Waals surface area contributed by atoms with Crippen molar-refractivity contribution in [2.45, 2.75) is 19.8 Å². The quantitative estimate of drug-likeness (QED) is 0.692. The number of benzene rings is 1. The van der Waals surface area contributed by atoms with Crippen LogP contribution in [0.15, 0.2) is 36.5 Å². The molecule has 0 bridgehead atoms. The van der Waals surface area contributed by atoms with E-state index >= 15 is 0 Å². The Balaban J connectivity index is 2.04. The molecule has 7 heteroatoms. The highest BCUT2D eigenvalue weighted by atomic mass is 32.1. The zero-order chi connectivity index (χ0) is 14.8. The van der Waals surface area contributed by atoms with E-state index in [4.69, 9.17) is 0 Å². The highest BCUT2D eigenvalue weighted by molar-refractivity contribution is 7.08. The van der Waals surface area contributed by atoms with Crippen LogP contribution in [-0.4, -0.2) is 30.4 Å². The molecule has 2 heterocycles. The number of rotatable bonds is 4. The molecule has 0 aliphatic carbocycles. The average molecular weight is 299 g/mol. The smallest absolute Gasteiger partial charge is 0.226 e. The Bertz CT molecular complexity index is 763. The topological polar surface area (TPSA) is 73.6 Å². The van der Waals surface area contributed by atoms with Crippen LogP contribution >= 0.6 is 11.5 Å². The zero-order valence-electron chi connectivity index (χ0n) is 11.6. The van der Waals surface area contributed by atoms with Crippen LogP contribution in [0, 0.1) is 0 Å². The first-order valence-electron chi connectivity index (χ1n) is 6.51. The summed E-state index contributed by atoms with van der Waals surface area (Å²) in [5, 5.41) is 11.9. The Hall–Kier alpha value is -2.41. The first-order valence-corrected chi connectivity index (χ1v) is 7.29. The van der Waals surface area contributed by atoms with E-state index in [-0.39, 0.29) is 11.7 Å². The molecule has 1 aromatic carbocycles. The van der Waals surface area contributed by atoms with Crippen LogP contribution < -0.4 is 0 Å². The molecule has 0 atom stereocenters. The van der Waals surface area contributed by atoms with Gasteiger partial charge < -0.3 is 0 Å². The fraction of sp³-hybridized carbons (Fsp3) is 0.214. The number of ketones is 1. The standard InChI is InChI=1S/C14H13N5OS/c1-9(2)12-14(21-18-16-12)13(20)11-8-15-17-19(11)10-6-4-3-5-7-10/h3-9H,1-2H3. The van der Waals surface area contributed by atoms with Gasteiger partial charge in [-0.1, -0.05) is 41.7 Å². The Morgan fingerprint density at radius 3 is 2.71 bits per heavy atom. The maximum Gasteiger partial charge on any atom is 0.226 e. The van der Waals surface area contributed by atoms with Gasteiger partial charge in [0, 0.05) is 0 Å². The number of nitrogens with zero attached hydrogens (tertiary/aromatic N) is 5. The second-order valence-electron chi connectivity index (χ2n) is 4.84. The lowest BCUT2D eigenvalue weighted by Gasteiger charge is -2.06. The molecular formula is C14H13N5OS. The van der Waals surface area contributed by atoms with Crippen LogP contribution in [0.1, 0.15) is 40.8 Å².